The molecule has 1 heterocycles. The Kier molecular flexibility index (Phi) is 5.51. The van der Waals surface area contributed by atoms with Gasteiger partial charge in [0.1, 0.15) is 11.6 Å². The number of benzene rings is 2. The Labute approximate surface area is 175 Å². The molecule has 1 aliphatic carbocycles. The van der Waals surface area contributed by atoms with Crippen molar-refractivity contribution in [2.75, 3.05) is 0 Å². The molecule has 1 aromatic heterocycles. The van der Waals surface area contributed by atoms with Crippen LogP contribution < -0.4 is 5.56 Å². The normalized spacial score (nSPS) is 15.5. The fraction of sp³-hybridized carbons (Fsp3) is 0.286. The maximum atomic E-state index is 13.2. The van der Waals surface area contributed by atoms with Crippen LogP contribution in [0.2, 0.25) is 5.02 Å². The highest BCUT2D eigenvalue weighted by atomic mass is 79.9. The van der Waals surface area contributed by atoms with Gasteiger partial charge in [0.2, 0.25) is 0 Å². The van der Waals surface area contributed by atoms with Crippen LogP contribution in [0.5, 0.6) is 5.75 Å². The van der Waals surface area contributed by atoms with Gasteiger partial charge in [-0.15, -0.1) is 0 Å². The maximum Gasteiger partial charge on any atom is 0.282 e. The van der Waals surface area contributed by atoms with Gasteiger partial charge in [-0.3, -0.25) is 4.79 Å². The number of aromatic nitrogens is 2. The second kappa shape index (κ2) is 8.05. The van der Waals surface area contributed by atoms with Gasteiger partial charge in [0.05, 0.1) is 17.1 Å². The number of phenols is 1. The highest BCUT2D eigenvalue weighted by Gasteiger charge is 2.22. The lowest BCUT2D eigenvalue weighted by Crippen LogP contribution is -2.25. The topological polar surface area (TPSA) is 67.5 Å². The highest BCUT2D eigenvalue weighted by molar-refractivity contribution is 9.10. The third-order valence-electron chi connectivity index (χ3n) is 5.11. The summed E-state index contributed by atoms with van der Waals surface area (Å²) in [5.74, 6) is 0.925. The fourth-order valence-corrected chi connectivity index (χ4v) is 4.19. The van der Waals surface area contributed by atoms with E-state index in [1.807, 2.05) is 12.1 Å². The molecule has 144 valence electrons. The van der Waals surface area contributed by atoms with E-state index < -0.39 is 0 Å². The van der Waals surface area contributed by atoms with E-state index in [0.29, 0.717) is 27.3 Å². The Morgan fingerprint density at radius 1 is 1.18 bits per heavy atom. The van der Waals surface area contributed by atoms with Gasteiger partial charge in [0, 0.05) is 21.0 Å². The molecule has 0 bridgehead atoms. The number of fused-ring (bicyclic) bond motifs is 1. The average Bonchev–Trinajstić information content (AvgIpc) is 2.70. The van der Waals surface area contributed by atoms with Crippen LogP contribution in [0.4, 0.5) is 0 Å². The van der Waals surface area contributed by atoms with E-state index in [1.54, 1.807) is 18.2 Å². The molecule has 0 aliphatic heterocycles. The van der Waals surface area contributed by atoms with Gasteiger partial charge < -0.3 is 5.11 Å². The fourth-order valence-electron chi connectivity index (χ4n) is 3.65. The second-order valence-electron chi connectivity index (χ2n) is 7.03. The molecule has 28 heavy (non-hydrogen) atoms. The van der Waals surface area contributed by atoms with Crippen LogP contribution in [0.15, 0.2) is 50.8 Å². The predicted molar refractivity (Wildman–Crippen MR) is 116 cm³/mol. The maximum absolute atomic E-state index is 13.2. The summed E-state index contributed by atoms with van der Waals surface area (Å²) >= 11 is 9.44. The molecule has 4 rings (SSSR count). The van der Waals surface area contributed by atoms with E-state index in [0.717, 1.165) is 30.2 Å². The summed E-state index contributed by atoms with van der Waals surface area (Å²) in [5.41, 5.74) is 0.902. The Morgan fingerprint density at radius 2 is 1.96 bits per heavy atom. The first-order valence-corrected chi connectivity index (χ1v) is 10.4. The summed E-state index contributed by atoms with van der Waals surface area (Å²) in [7, 11) is 0. The molecule has 1 aliphatic rings. The van der Waals surface area contributed by atoms with E-state index in [-0.39, 0.29) is 17.2 Å². The summed E-state index contributed by atoms with van der Waals surface area (Å²) in [6, 6.07) is 10.2. The molecule has 0 spiro atoms. The lowest BCUT2D eigenvalue weighted by atomic mass is 9.88. The Hall–Kier alpha value is -2.18. The van der Waals surface area contributed by atoms with Crippen LogP contribution in [0.1, 0.15) is 49.4 Å². The molecule has 1 N–H and O–H groups in total. The minimum atomic E-state index is -0.218. The lowest BCUT2D eigenvalue weighted by molar-refractivity contribution is 0.416. The van der Waals surface area contributed by atoms with Crippen molar-refractivity contribution >= 4 is 44.6 Å². The van der Waals surface area contributed by atoms with Gasteiger partial charge >= 0.3 is 0 Å². The molecular weight excluding hydrogens is 442 g/mol. The highest BCUT2D eigenvalue weighted by Crippen LogP contribution is 2.32. The van der Waals surface area contributed by atoms with E-state index in [9.17, 15) is 9.90 Å². The minimum Gasteiger partial charge on any atom is -0.507 e. The van der Waals surface area contributed by atoms with E-state index in [4.69, 9.17) is 16.6 Å². The van der Waals surface area contributed by atoms with Gasteiger partial charge in [0.15, 0.2) is 0 Å². The van der Waals surface area contributed by atoms with Crippen LogP contribution >= 0.6 is 27.5 Å². The van der Waals surface area contributed by atoms with Crippen molar-refractivity contribution in [2.45, 2.75) is 38.0 Å². The molecule has 1 fully saturated rings. The zero-order valence-electron chi connectivity index (χ0n) is 15.1. The molecule has 0 atom stereocenters. The second-order valence-corrected chi connectivity index (χ2v) is 8.38. The molecule has 1 saturated carbocycles. The van der Waals surface area contributed by atoms with Crippen LogP contribution in [0.25, 0.3) is 10.9 Å². The number of nitrogens with zero attached hydrogens (tertiary/aromatic N) is 3. The van der Waals surface area contributed by atoms with Crippen LogP contribution in [-0.4, -0.2) is 21.0 Å². The summed E-state index contributed by atoms with van der Waals surface area (Å²) in [4.78, 5) is 18.0. The molecule has 0 amide bonds. The molecular formula is C21H19BrClN3O2. The number of halogens is 2. The molecule has 0 radical (unpaired) electrons. The number of hydrogen-bond acceptors (Lipinski definition) is 4. The molecule has 5 nitrogen and oxygen atoms in total. The zero-order chi connectivity index (χ0) is 19.7. The van der Waals surface area contributed by atoms with Gasteiger partial charge in [-0.2, -0.15) is 9.78 Å². The Balaban J connectivity index is 1.88. The SMILES string of the molecule is O=c1c2cc(Br)ccc2nc(C2CCCCC2)n1N=Cc1cc(Cl)ccc1O. The van der Waals surface area contributed by atoms with Gasteiger partial charge in [-0.1, -0.05) is 46.8 Å². The average molecular weight is 461 g/mol. The van der Waals surface area contributed by atoms with Crippen LogP contribution in [0.3, 0.4) is 0 Å². The van der Waals surface area contributed by atoms with Gasteiger partial charge in [-0.05, 0) is 49.2 Å². The molecule has 3 aromatic rings. The van der Waals surface area contributed by atoms with E-state index >= 15 is 0 Å². The van der Waals surface area contributed by atoms with Crippen molar-refractivity contribution in [3.05, 3.63) is 67.6 Å². The van der Waals surface area contributed by atoms with Crippen molar-refractivity contribution in [3.63, 3.8) is 0 Å². The van der Waals surface area contributed by atoms with Crippen molar-refractivity contribution in [2.24, 2.45) is 5.10 Å². The minimum absolute atomic E-state index is 0.0527. The standard InChI is InChI=1S/C21H19BrClN3O2/c22-15-6-8-18-17(11-15)21(28)26(20(25-18)13-4-2-1-3-5-13)24-12-14-10-16(23)7-9-19(14)27/h6-13,27H,1-5H2. The third kappa shape index (κ3) is 3.84. The first-order chi connectivity index (χ1) is 13.5. The number of rotatable bonds is 3. The number of aromatic hydroxyl groups is 1. The molecule has 0 saturated heterocycles. The summed E-state index contributed by atoms with van der Waals surface area (Å²) < 4.78 is 2.19. The monoisotopic (exact) mass is 459 g/mol. The van der Waals surface area contributed by atoms with Crippen molar-refractivity contribution < 1.29 is 5.11 Å². The molecule has 2 aromatic carbocycles. The van der Waals surface area contributed by atoms with Crippen molar-refractivity contribution in [3.8, 4) is 5.75 Å². The smallest absolute Gasteiger partial charge is 0.282 e. The summed E-state index contributed by atoms with van der Waals surface area (Å²) in [5, 5.41) is 15.5. The van der Waals surface area contributed by atoms with Crippen LogP contribution in [-0.2, 0) is 0 Å². The Bertz CT molecular complexity index is 1120. The molecule has 7 heteroatoms. The summed E-state index contributed by atoms with van der Waals surface area (Å²) in [6.07, 6.45) is 6.90. The largest absolute Gasteiger partial charge is 0.507 e. The first kappa shape index (κ1) is 19.2. The Morgan fingerprint density at radius 3 is 2.75 bits per heavy atom. The summed E-state index contributed by atoms with van der Waals surface area (Å²) in [6.45, 7) is 0. The van der Waals surface area contributed by atoms with Crippen molar-refractivity contribution in [1.29, 1.82) is 0 Å². The third-order valence-corrected chi connectivity index (χ3v) is 5.83. The van der Waals surface area contributed by atoms with Gasteiger partial charge in [-0.25, -0.2) is 4.98 Å². The van der Waals surface area contributed by atoms with Gasteiger partial charge in [0.25, 0.3) is 5.56 Å². The predicted octanol–water partition coefficient (Wildman–Crippen LogP) is 5.45. The quantitative estimate of drug-likeness (QED) is 0.529. The van der Waals surface area contributed by atoms with E-state index in [2.05, 4.69) is 21.0 Å². The lowest BCUT2D eigenvalue weighted by Gasteiger charge is -2.22. The van der Waals surface area contributed by atoms with Crippen LogP contribution in [0, 0.1) is 0 Å². The number of phenolic OH excluding ortho intramolecular Hbond substituents is 1. The number of hydrogen-bond donors (Lipinski definition) is 1. The zero-order valence-corrected chi connectivity index (χ0v) is 17.4. The van der Waals surface area contributed by atoms with E-state index in [1.165, 1.54) is 23.4 Å². The van der Waals surface area contributed by atoms with Crippen molar-refractivity contribution in [1.82, 2.24) is 9.66 Å². The first-order valence-electron chi connectivity index (χ1n) is 9.28. The molecule has 0 unspecified atom stereocenters.